The number of anilines is 1. The molecule has 2 aromatic carbocycles. The van der Waals surface area contributed by atoms with Crippen LogP contribution < -0.4 is 4.90 Å². The second-order valence-corrected chi connectivity index (χ2v) is 8.84. The third-order valence-electron chi connectivity index (χ3n) is 5.76. The number of nitrogens with zero attached hydrogens (tertiary/aromatic N) is 3. The minimum Gasteiger partial charge on any atom is -0.302 e. The molecule has 3 rings (SSSR count). The molecule has 0 aliphatic heterocycles. The summed E-state index contributed by atoms with van der Waals surface area (Å²) in [7, 11) is 0. The van der Waals surface area contributed by atoms with Gasteiger partial charge in [0.25, 0.3) is 0 Å². The smallest absolute Gasteiger partial charge is 0.233 e. The van der Waals surface area contributed by atoms with Crippen LogP contribution in [0.25, 0.3) is 10.2 Å². The Balaban J connectivity index is 1.91. The van der Waals surface area contributed by atoms with E-state index in [1.807, 2.05) is 4.90 Å². The van der Waals surface area contributed by atoms with Crippen LogP contribution >= 0.6 is 11.3 Å². The minimum atomic E-state index is 0.116. The summed E-state index contributed by atoms with van der Waals surface area (Å²) in [4.78, 5) is 22.5. The van der Waals surface area contributed by atoms with Gasteiger partial charge in [0.15, 0.2) is 5.13 Å². The van der Waals surface area contributed by atoms with Crippen molar-refractivity contribution in [1.29, 1.82) is 0 Å². The number of thiazole rings is 1. The van der Waals surface area contributed by atoms with Crippen LogP contribution in [0.3, 0.4) is 0 Å². The second kappa shape index (κ2) is 10.2. The van der Waals surface area contributed by atoms with E-state index in [0.29, 0.717) is 13.0 Å². The van der Waals surface area contributed by atoms with Gasteiger partial charge in [0.05, 0.1) is 16.6 Å². The predicted octanol–water partition coefficient (Wildman–Crippen LogP) is 5.39. The fourth-order valence-corrected chi connectivity index (χ4v) is 4.72. The van der Waals surface area contributed by atoms with Gasteiger partial charge in [-0.3, -0.25) is 9.69 Å². The maximum Gasteiger partial charge on any atom is 0.233 e. The number of benzene rings is 2. The molecule has 0 radical (unpaired) electrons. The van der Waals surface area contributed by atoms with Crippen LogP contribution in [0.4, 0.5) is 5.13 Å². The standard InChI is InChI=1S/C25H33N3OS/c1-6-20-11-12-22-23(16-20)30-25(26-22)28(14-13-27(7-2)8-3)24(29)17-21-15-18(4)9-10-19(21)5/h9-12,15-16H,6-8,13-14,17H2,1-5H3. The molecule has 160 valence electrons. The maximum atomic E-state index is 13.4. The van der Waals surface area contributed by atoms with Gasteiger partial charge >= 0.3 is 0 Å². The van der Waals surface area contributed by atoms with Crippen molar-refractivity contribution in [1.82, 2.24) is 9.88 Å². The van der Waals surface area contributed by atoms with Crippen LogP contribution in [0.5, 0.6) is 0 Å². The van der Waals surface area contributed by atoms with E-state index < -0.39 is 0 Å². The van der Waals surface area contributed by atoms with Crippen molar-refractivity contribution >= 4 is 32.6 Å². The molecule has 0 fully saturated rings. The molecule has 0 N–H and O–H groups in total. The molecule has 0 saturated heterocycles. The highest BCUT2D eigenvalue weighted by Gasteiger charge is 2.21. The van der Waals surface area contributed by atoms with E-state index in [9.17, 15) is 4.79 Å². The van der Waals surface area contributed by atoms with Crippen LogP contribution in [0, 0.1) is 13.8 Å². The van der Waals surface area contributed by atoms with Gasteiger partial charge in [-0.05, 0) is 62.2 Å². The molecule has 30 heavy (non-hydrogen) atoms. The molecule has 1 heterocycles. The zero-order valence-electron chi connectivity index (χ0n) is 18.9. The van der Waals surface area contributed by atoms with E-state index in [0.717, 1.165) is 52.5 Å². The molecule has 0 atom stereocenters. The summed E-state index contributed by atoms with van der Waals surface area (Å²) < 4.78 is 1.15. The van der Waals surface area contributed by atoms with Crippen LogP contribution in [-0.4, -0.2) is 42.0 Å². The van der Waals surface area contributed by atoms with Crippen molar-refractivity contribution in [3.63, 3.8) is 0 Å². The number of likely N-dealkylation sites (N-methyl/N-ethyl adjacent to an activating group) is 1. The average Bonchev–Trinajstić information content (AvgIpc) is 3.16. The first-order valence-electron chi connectivity index (χ1n) is 10.9. The summed E-state index contributed by atoms with van der Waals surface area (Å²) >= 11 is 1.62. The molecule has 1 amide bonds. The van der Waals surface area contributed by atoms with Gasteiger partial charge in [-0.2, -0.15) is 0 Å². The first kappa shape index (κ1) is 22.4. The molecular formula is C25H33N3OS. The van der Waals surface area contributed by atoms with E-state index in [-0.39, 0.29) is 5.91 Å². The lowest BCUT2D eigenvalue weighted by Gasteiger charge is -2.25. The Morgan fingerprint density at radius 3 is 2.47 bits per heavy atom. The highest BCUT2D eigenvalue weighted by molar-refractivity contribution is 7.22. The Hall–Kier alpha value is -2.24. The van der Waals surface area contributed by atoms with Gasteiger partial charge in [-0.15, -0.1) is 0 Å². The van der Waals surface area contributed by atoms with E-state index in [4.69, 9.17) is 4.98 Å². The molecule has 4 nitrogen and oxygen atoms in total. The van der Waals surface area contributed by atoms with Gasteiger partial charge in [0.1, 0.15) is 0 Å². The molecule has 0 saturated carbocycles. The van der Waals surface area contributed by atoms with Crippen molar-refractivity contribution in [2.45, 2.75) is 47.5 Å². The van der Waals surface area contributed by atoms with Crippen LogP contribution in [0.15, 0.2) is 36.4 Å². The van der Waals surface area contributed by atoms with Crippen LogP contribution in [0.1, 0.15) is 43.0 Å². The monoisotopic (exact) mass is 423 g/mol. The normalized spacial score (nSPS) is 11.4. The summed E-state index contributed by atoms with van der Waals surface area (Å²) in [6.07, 6.45) is 1.41. The minimum absolute atomic E-state index is 0.116. The summed E-state index contributed by atoms with van der Waals surface area (Å²) in [5, 5.41) is 0.806. The summed E-state index contributed by atoms with van der Waals surface area (Å²) in [5.74, 6) is 0.116. The Morgan fingerprint density at radius 1 is 1.00 bits per heavy atom. The lowest BCUT2D eigenvalue weighted by Crippen LogP contribution is -2.39. The number of amides is 1. The van der Waals surface area contributed by atoms with Crippen molar-refractivity contribution in [3.05, 3.63) is 58.7 Å². The molecule has 0 bridgehead atoms. The van der Waals surface area contributed by atoms with E-state index in [1.165, 1.54) is 11.1 Å². The third-order valence-corrected chi connectivity index (χ3v) is 6.80. The van der Waals surface area contributed by atoms with Crippen LogP contribution in [0.2, 0.25) is 0 Å². The Morgan fingerprint density at radius 2 is 1.77 bits per heavy atom. The molecule has 3 aromatic rings. The molecule has 1 aromatic heterocycles. The van der Waals surface area contributed by atoms with Gasteiger partial charge in [0.2, 0.25) is 5.91 Å². The molecular weight excluding hydrogens is 390 g/mol. The Labute approximate surface area is 184 Å². The fourth-order valence-electron chi connectivity index (χ4n) is 3.65. The van der Waals surface area contributed by atoms with Crippen LogP contribution in [-0.2, 0) is 17.6 Å². The quantitative estimate of drug-likeness (QED) is 0.463. The van der Waals surface area contributed by atoms with Crippen molar-refractivity contribution in [2.75, 3.05) is 31.1 Å². The van der Waals surface area contributed by atoms with Gasteiger partial charge in [-0.1, -0.05) is 61.9 Å². The number of aromatic nitrogens is 1. The molecule has 0 unspecified atom stereocenters. The molecule has 5 heteroatoms. The third kappa shape index (κ3) is 5.27. The zero-order chi connectivity index (χ0) is 21.7. The lowest BCUT2D eigenvalue weighted by molar-refractivity contribution is -0.118. The number of hydrogen-bond donors (Lipinski definition) is 0. The number of carbonyl (C=O) groups is 1. The number of hydrogen-bond acceptors (Lipinski definition) is 4. The predicted molar refractivity (Wildman–Crippen MR) is 129 cm³/mol. The highest BCUT2D eigenvalue weighted by Crippen LogP contribution is 2.30. The topological polar surface area (TPSA) is 36.4 Å². The first-order valence-corrected chi connectivity index (χ1v) is 11.7. The van der Waals surface area contributed by atoms with Crippen molar-refractivity contribution < 1.29 is 4.79 Å². The van der Waals surface area contributed by atoms with Gasteiger partial charge in [-0.25, -0.2) is 4.98 Å². The second-order valence-electron chi connectivity index (χ2n) is 7.83. The van der Waals surface area contributed by atoms with Crippen molar-refractivity contribution in [2.24, 2.45) is 0 Å². The van der Waals surface area contributed by atoms with E-state index in [2.05, 4.69) is 75.9 Å². The SMILES string of the molecule is CCc1ccc2nc(N(CCN(CC)CC)C(=O)Cc3cc(C)ccc3C)sc2c1. The molecule has 0 aliphatic rings. The number of carbonyl (C=O) groups excluding carboxylic acids is 1. The Bertz CT molecular complexity index is 1010. The summed E-state index contributed by atoms with van der Waals surface area (Å²) in [6, 6.07) is 12.7. The average molecular weight is 424 g/mol. The van der Waals surface area contributed by atoms with Gasteiger partial charge in [0, 0.05) is 13.1 Å². The number of aryl methyl sites for hydroxylation is 3. The highest BCUT2D eigenvalue weighted by atomic mass is 32.1. The summed E-state index contributed by atoms with van der Waals surface area (Å²) in [6.45, 7) is 14.1. The summed E-state index contributed by atoms with van der Waals surface area (Å²) in [5.41, 5.74) is 5.72. The first-order chi connectivity index (χ1) is 14.4. The lowest BCUT2D eigenvalue weighted by atomic mass is 10.0. The zero-order valence-corrected chi connectivity index (χ0v) is 19.7. The molecule has 0 spiro atoms. The number of fused-ring (bicyclic) bond motifs is 1. The fraction of sp³-hybridized carbons (Fsp3) is 0.440. The van der Waals surface area contributed by atoms with Crippen molar-refractivity contribution in [3.8, 4) is 0 Å². The van der Waals surface area contributed by atoms with E-state index >= 15 is 0 Å². The Kier molecular flexibility index (Phi) is 7.62. The number of rotatable bonds is 9. The maximum absolute atomic E-state index is 13.4. The largest absolute Gasteiger partial charge is 0.302 e. The van der Waals surface area contributed by atoms with E-state index in [1.54, 1.807) is 11.3 Å². The van der Waals surface area contributed by atoms with Gasteiger partial charge < -0.3 is 4.90 Å². The molecule has 0 aliphatic carbocycles.